The first-order valence-electron chi connectivity index (χ1n) is 6.60. The van der Waals surface area contributed by atoms with Crippen LogP contribution in [0.15, 0.2) is 41.1 Å². The number of methoxy groups -OCH3 is 1. The number of amides is 1. The highest BCUT2D eigenvalue weighted by atomic mass is 16.5. The molecule has 6 nitrogen and oxygen atoms in total. The predicted octanol–water partition coefficient (Wildman–Crippen LogP) is 1.72. The molecular formula is C15H19N3O3. The van der Waals surface area contributed by atoms with Gasteiger partial charge in [0.2, 0.25) is 5.88 Å². The van der Waals surface area contributed by atoms with Gasteiger partial charge in [0.05, 0.1) is 25.0 Å². The van der Waals surface area contributed by atoms with E-state index < -0.39 is 0 Å². The third-order valence-electron chi connectivity index (χ3n) is 3.16. The van der Waals surface area contributed by atoms with Crippen molar-refractivity contribution in [3.05, 3.63) is 48.0 Å². The van der Waals surface area contributed by atoms with Crippen LogP contribution in [-0.4, -0.2) is 43.5 Å². The van der Waals surface area contributed by atoms with Crippen molar-refractivity contribution in [3.63, 3.8) is 0 Å². The average Bonchev–Trinajstić information content (AvgIpc) is 3.01. The van der Waals surface area contributed by atoms with Gasteiger partial charge in [-0.2, -0.15) is 0 Å². The largest absolute Gasteiger partial charge is 0.481 e. The Bertz CT molecular complexity index is 564. The number of aromatic nitrogens is 1. The summed E-state index contributed by atoms with van der Waals surface area (Å²) in [5, 5.41) is 2.88. The Labute approximate surface area is 123 Å². The Morgan fingerprint density at radius 2 is 2.24 bits per heavy atom. The maximum absolute atomic E-state index is 12.1. The van der Waals surface area contributed by atoms with E-state index in [0.29, 0.717) is 18.0 Å². The van der Waals surface area contributed by atoms with Crippen molar-refractivity contribution >= 4 is 5.91 Å². The van der Waals surface area contributed by atoms with Gasteiger partial charge in [-0.15, -0.1) is 0 Å². The Hall–Kier alpha value is -2.34. The monoisotopic (exact) mass is 289 g/mol. The van der Waals surface area contributed by atoms with Gasteiger partial charge in [-0.05, 0) is 32.3 Å². The number of hydrogen-bond donors (Lipinski definition) is 1. The first-order chi connectivity index (χ1) is 10.1. The molecule has 2 rings (SSSR count). The van der Waals surface area contributed by atoms with Crippen LogP contribution in [0.2, 0.25) is 0 Å². The van der Waals surface area contributed by atoms with Crippen LogP contribution in [-0.2, 0) is 0 Å². The van der Waals surface area contributed by atoms with Crippen LogP contribution in [0.3, 0.4) is 0 Å². The fraction of sp³-hybridized carbons (Fsp3) is 0.333. The molecule has 2 aromatic heterocycles. The molecule has 0 fully saturated rings. The van der Waals surface area contributed by atoms with E-state index in [1.807, 2.05) is 31.1 Å². The van der Waals surface area contributed by atoms with E-state index in [-0.39, 0.29) is 11.9 Å². The fourth-order valence-electron chi connectivity index (χ4n) is 1.95. The van der Waals surface area contributed by atoms with E-state index in [1.54, 1.807) is 18.4 Å². The van der Waals surface area contributed by atoms with Crippen LogP contribution in [0, 0.1) is 0 Å². The average molecular weight is 289 g/mol. The van der Waals surface area contributed by atoms with Crippen molar-refractivity contribution in [2.45, 2.75) is 6.04 Å². The van der Waals surface area contributed by atoms with Crippen LogP contribution in [0.4, 0.5) is 0 Å². The minimum absolute atomic E-state index is 0.0184. The minimum Gasteiger partial charge on any atom is -0.481 e. The van der Waals surface area contributed by atoms with Crippen molar-refractivity contribution in [1.29, 1.82) is 0 Å². The molecule has 1 unspecified atom stereocenters. The Morgan fingerprint density at radius 1 is 1.43 bits per heavy atom. The van der Waals surface area contributed by atoms with Gasteiger partial charge in [0.25, 0.3) is 5.91 Å². The minimum atomic E-state index is -0.177. The number of carbonyl (C=O) groups excluding carboxylic acids is 1. The smallest absolute Gasteiger partial charge is 0.252 e. The van der Waals surface area contributed by atoms with E-state index >= 15 is 0 Å². The SMILES string of the molecule is COc1ccc(C(=O)NCC(c2ccco2)N(C)C)cn1. The van der Waals surface area contributed by atoms with Crippen molar-refractivity contribution in [1.82, 2.24) is 15.2 Å². The molecular weight excluding hydrogens is 270 g/mol. The van der Waals surface area contributed by atoms with E-state index in [9.17, 15) is 4.79 Å². The summed E-state index contributed by atoms with van der Waals surface area (Å²) in [6, 6.07) is 7.05. The highest BCUT2D eigenvalue weighted by Gasteiger charge is 2.18. The number of likely N-dealkylation sites (N-methyl/N-ethyl adjacent to an activating group) is 1. The molecule has 1 atom stereocenters. The standard InChI is InChI=1S/C15H19N3O3/c1-18(2)12(13-5-4-8-21-13)10-17-15(19)11-6-7-14(20-3)16-9-11/h4-9,12H,10H2,1-3H3,(H,17,19). The highest BCUT2D eigenvalue weighted by Crippen LogP contribution is 2.17. The lowest BCUT2D eigenvalue weighted by Gasteiger charge is -2.22. The van der Waals surface area contributed by atoms with Crippen LogP contribution < -0.4 is 10.1 Å². The number of furan rings is 1. The normalized spacial score (nSPS) is 12.2. The number of nitrogens with zero attached hydrogens (tertiary/aromatic N) is 2. The third-order valence-corrected chi connectivity index (χ3v) is 3.16. The van der Waals surface area contributed by atoms with E-state index in [1.165, 1.54) is 13.3 Å². The summed E-state index contributed by atoms with van der Waals surface area (Å²) in [5.74, 6) is 1.12. The molecule has 1 N–H and O–H groups in total. The molecule has 112 valence electrons. The van der Waals surface area contributed by atoms with Gasteiger partial charge < -0.3 is 14.5 Å². The second kappa shape index (κ2) is 6.90. The topological polar surface area (TPSA) is 67.6 Å². The van der Waals surface area contributed by atoms with Crippen molar-refractivity contribution in [3.8, 4) is 5.88 Å². The van der Waals surface area contributed by atoms with Crippen LogP contribution in [0.5, 0.6) is 5.88 Å². The molecule has 0 aliphatic rings. The number of ether oxygens (including phenoxy) is 1. The summed E-state index contributed by atoms with van der Waals surface area (Å²) < 4.78 is 10.4. The second-order valence-corrected chi connectivity index (χ2v) is 4.79. The zero-order chi connectivity index (χ0) is 15.2. The van der Waals surface area contributed by atoms with Gasteiger partial charge >= 0.3 is 0 Å². The summed E-state index contributed by atoms with van der Waals surface area (Å²) in [4.78, 5) is 18.1. The predicted molar refractivity (Wildman–Crippen MR) is 78.3 cm³/mol. The summed E-state index contributed by atoms with van der Waals surface area (Å²) in [7, 11) is 5.41. The summed E-state index contributed by atoms with van der Waals surface area (Å²) >= 11 is 0. The Balaban J connectivity index is 1.98. The van der Waals surface area contributed by atoms with Gasteiger partial charge in [0.1, 0.15) is 5.76 Å². The quantitative estimate of drug-likeness (QED) is 0.877. The molecule has 0 aliphatic heterocycles. The lowest BCUT2D eigenvalue weighted by atomic mass is 10.2. The molecule has 0 saturated carbocycles. The molecule has 21 heavy (non-hydrogen) atoms. The first kappa shape index (κ1) is 15.1. The van der Waals surface area contributed by atoms with Gasteiger partial charge in [0.15, 0.2) is 0 Å². The Kier molecular flexibility index (Phi) is 4.94. The molecule has 2 heterocycles. The second-order valence-electron chi connectivity index (χ2n) is 4.79. The van der Waals surface area contributed by atoms with Crippen LogP contribution >= 0.6 is 0 Å². The van der Waals surface area contributed by atoms with Gasteiger partial charge in [0, 0.05) is 18.8 Å². The van der Waals surface area contributed by atoms with Crippen LogP contribution in [0.25, 0.3) is 0 Å². The van der Waals surface area contributed by atoms with Crippen molar-refractivity contribution in [2.24, 2.45) is 0 Å². The molecule has 0 saturated heterocycles. The maximum atomic E-state index is 12.1. The van der Waals surface area contributed by atoms with E-state index in [4.69, 9.17) is 9.15 Å². The maximum Gasteiger partial charge on any atom is 0.252 e. The number of hydrogen-bond acceptors (Lipinski definition) is 5. The van der Waals surface area contributed by atoms with Gasteiger partial charge in [-0.3, -0.25) is 9.69 Å². The van der Waals surface area contributed by atoms with Crippen molar-refractivity contribution in [2.75, 3.05) is 27.7 Å². The van der Waals surface area contributed by atoms with Gasteiger partial charge in [-0.25, -0.2) is 4.98 Å². The van der Waals surface area contributed by atoms with Gasteiger partial charge in [-0.1, -0.05) is 0 Å². The number of rotatable bonds is 6. The highest BCUT2D eigenvalue weighted by molar-refractivity contribution is 5.93. The molecule has 0 aromatic carbocycles. The number of pyridine rings is 1. The Morgan fingerprint density at radius 3 is 2.76 bits per heavy atom. The molecule has 0 aliphatic carbocycles. The summed E-state index contributed by atoms with van der Waals surface area (Å²) in [6.07, 6.45) is 3.12. The first-order valence-corrected chi connectivity index (χ1v) is 6.60. The van der Waals surface area contributed by atoms with Crippen LogP contribution in [0.1, 0.15) is 22.2 Å². The number of nitrogens with one attached hydrogen (secondary N) is 1. The summed E-state index contributed by atoms with van der Waals surface area (Å²) in [5.41, 5.74) is 0.493. The van der Waals surface area contributed by atoms with E-state index in [0.717, 1.165) is 5.76 Å². The molecule has 6 heteroatoms. The summed E-state index contributed by atoms with van der Waals surface area (Å²) in [6.45, 7) is 0.450. The zero-order valence-corrected chi connectivity index (χ0v) is 12.4. The molecule has 2 aromatic rings. The fourth-order valence-corrected chi connectivity index (χ4v) is 1.95. The zero-order valence-electron chi connectivity index (χ0n) is 12.4. The van der Waals surface area contributed by atoms with E-state index in [2.05, 4.69) is 10.3 Å². The molecule has 0 radical (unpaired) electrons. The van der Waals surface area contributed by atoms with Crippen molar-refractivity contribution < 1.29 is 13.9 Å². The lowest BCUT2D eigenvalue weighted by Crippen LogP contribution is -2.34. The molecule has 0 bridgehead atoms. The lowest BCUT2D eigenvalue weighted by molar-refractivity contribution is 0.0938. The number of carbonyl (C=O) groups is 1. The third kappa shape index (κ3) is 3.82. The molecule has 0 spiro atoms. The molecule has 1 amide bonds.